The predicted octanol–water partition coefficient (Wildman–Crippen LogP) is -0.157. The maximum Gasteiger partial charge on any atom is 0.439 e. The summed E-state index contributed by atoms with van der Waals surface area (Å²) in [5.74, 6) is -1.02. The summed E-state index contributed by atoms with van der Waals surface area (Å²) >= 11 is 0. The molecule has 0 amide bonds. The number of azo groups is 1. The van der Waals surface area contributed by atoms with Gasteiger partial charge < -0.3 is 10.3 Å². The van der Waals surface area contributed by atoms with E-state index in [1.165, 1.54) is 0 Å². The molecule has 0 radical (unpaired) electrons. The van der Waals surface area contributed by atoms with Gasteiger partial charge in [0.1, 0.15) is 0 Å². The van der Waals surface area contributed by atoms with Gasteiger partial charge in [0, 0.05) is 0 Å². The molecule has 0 aliphatic rings. The minimum atomic E-state index is -0.784. The van der Waals surface area contributed by atoms with E-state index in [0.29, 0.717) is 0 Å². The molecule has 0 atom stereocenters. The summed E-state index contributed by atoms with van der Waals surface area (Å²) in [5, 5.41) is 28.7. The number of H-pyrrole nitrogens is 1. The SMILES string of the molecule is Nc1nc(-c2nonc2N=Nc2nonc2-c2noc(=O)[nH]2)no1. The van der Waals surface area contributed by atoms with E-state index < -0.39 is 5.76 Å². The van der Waals surface area contributed by atoms with Gasteiger partial charge in [0.15, 0.2) is 0 Å². The minimum Gasteiger partial charge on any atom is -0.351 e. The molecule has 0 unspecified atom stereocenters. The van der Waals surface area contributed by atoms with Gasteiger partial charge in [-0.3, -0.25) is 9.51 Å². The molecular weight excluding hydrogens is 330 g/mol. The second-order valence-corrected chi connectivity index (χ2v) is 3.97. The molecule has 0 aliphatic carbocycles. The molecule has 0 saturated carbocycles. The van der Waals surface area contributed by atoms with E-state index in [4.69, 9.17) is 5.73 Å². The van der Waals surface area contributed by atoms with Crippen molar-refractivity contribution in [3.8, 4) is 23.0 Å². The molecular formula is C8H3N11O5. The van der Waals surface area contributed by atoms with Crippen LogP contribution >= 0.6 is 0 Å². The second kappa shape index (κ2) is 5.19. The molecule has 0 aliphatic heterocycles. The maximum atomic E-state index is 11.0. The number of hydrogen-bond acceptors (Lipinski definition) is 15. The lowest BCUT2D eigenvalue weighted by Crippen LogP contribution is -1.94. The number of aromatic amines is 1. The van der Waals surface area contributed by atoms with Gasteiger partial charge in [-0.15, -0.1) is 10.2 Å². The van der Waals surface area contributed by atoms with Crippen molar-refractivity contribution < 1.29 is 18.3 Å². The van der Waals surface area contributed by atoms with Crippen molar-refractivity contribution in [1.29, 1.82) is 0 Å². The van der Waals surface area contributed by atoms with Crippen LogP contribution in [0.15, 0.2) is 33.3 Å². The van der Waals surface area contributed by atoms with Crippen molar-refractivity contribution in [1.82, 2.24) is 40.9 Å². The monoisotopic (exact) mass is 333 g/mol. The van der Waals surface area contributed by atoms with Gasteiger partial charge >= 0.3 is 11.8 Å². The van der Waals surface area contributed by atoms with E-state index >= 15 is 0 Å². The Morgan fingerprint density at radius 3 is 2.21 bits per heavy atom. The van der Waals surface area contributed by atoms with Crippen LogP contribution in [0.4, 0.5) is 17.7 Å². The summed E-state index contributed by atoms with van der Waals surface area (Å²) in [6, 6.07) is -0.172. The minimum absolute atomic E-state index is 0.00188. The van der Waals surface area contributed by atoms with Crippen LogP contribution in [0.25, 0.3) is 23.0 Å². The number of nitrogens with zero attached hydrogens (tertiary/aromatic N) is 9. The lowest BCUT2D eigenvalue weighted by atomic mass is 10.4. The summed E-state index contributed by atoms with van der Waals surface area (Å²) in [4.78, 5) is 17.0. The Morgan fingerprint density at radius 2 is 1.58 bits per heavy atom. The van der Waals surface area contributed by atoms with Crippen LogP contribution in [0, 0.1) is 0 Å². The molecule has 0 saturated heterocycles. The molecule has 0 bridgehead atoms. The van der Waals surface area contributed by atoms with Crippen LogP contribution < -0.4 is 11.5 Å². The van der Waals surface area contributed by atoms with Crippen LogP contribution in [0.2, 0.25) is 0 Å². The van der Waals surface area contributed by atoms with Gasteiger partial charge in [-0.25, -0.2) is 14.1 Å². The Labute approximate surface area is 127 Å². The average Bonchev–Trinajstić information content (AvgIpc) is 3.31. The molecule has 16 nitrogen and oxygen atoms in total. The zero-order valence-corrected chi connectivity index (χ0v) is 11.1. The van der Waals surface area contributed by atoms with E-state index in [-0.39, 0.29) is 40.7 Å². The molecule has 4 heterocycles. The van der Waals surface area contributed by atoms with E-state index in [0.717, 1.165) is 0 Å². The Hall–Kier alpha value is -4.24. The van der Waals surface area contributed by atoms with E-state index in [1.54, 1.807) is 0 Å². The van der Waals surface area contributed by atoms with Gasteiger partial charge in [0.05, 0.1) is 0 Å². The number of aromatic nitrogens is 8. The molecule has 3 N–H and O–H groups in total. The molecule has 120 valence electrons. The fraction of sp³-hybridized carbons (Fsp3) is 0. The van der Waals surface area contributed by atoms with Gasteiger partial charge in [-0.2, -0.15) is 4.98 Å². The number of nitrogens with one attached hydrogen (secondary N) is 1. The third-order valence-electron chi connectivity index (χ3n) is 2.50. The lowest BCUT2D eigenvalue weighted by Gasteiger charge is -1.86. The highest BCUT2D eigenvalue weighted by Crippen LogP contribution is 2.28. The fourth-order valence-corrected chi connectivity index (χ4v) is 1.55. The molecule has 24 heavy (non-hydrogen) atoms. The molecule has 0 fully saturated rings. The Bertz CT molecular complexity index is 1070. The van der Waals surface area contributed by atoms with Gasteiger partial charge in [0.2, 0.25) is 34.7 Å². The van der Waals surface area contributed by atoms with Crippen molar-refractivity contribution in [2.75, 3.05) is 5.73 Å². The zero-order chi connectivity index (χ0) is 16.5. The quantitative estimate of drug-likeness (QED) is 0.463. The Balaban J connectivity index is 1.67. The number of anilines is 1. The highest BCUT2D eigenvalue weighted by molar-refractivity contribution is 5.63. The number of nitrogens with two attached hydrogens (primary N) is 1. The number of hydrogen-bond donors (Lipinski definition) is 2. The van der Waals surface area contributed by atoms with Crippen LogP contribution in [-0.4, -0.2) is 40.9 Å². The summed E-state index contributed by atoms with van der Waals surface area (Å²) in [5.41, 5.74) is 5.35. The first-order chi connectivity index (χ1) is 11.7. The highest BCUT2D eigenvalue weighted by atomic mass is 16.6. The molecule has 4 rings (SSSR count). The van der Waals surface area contributed by atoms with Crippen LogP contribution in [-0.2, 0) is 0 Å². The van der Waals surface area contributed by atoms with E-state index in [1.807, 2.05) is 0 Å². The maximum absolute atomic E-state index is 11.0. The largest absolute Gasteiger partial charge is 0.439 e. The second-order valence-electron chi connectivity index (χ2n) is 3.97. The first-order valence-corrected chi connectivity index (χ1v) is 5.93. The van der Waals surface area contributed by atoms with E-state index in [2.05, 4.69) is 69.4 Å². The molecule has 0 spiro atoms. The zero-order valence-electron chi connectivity index (χ0n) is 11.1. The molecule has 4 aromatic rings. The van der Waals surface area contributed by atoms with Crippen LogP contribution in [0.5, 0.6) is 0 Å². The third-order valence-corrected chi connectivity index (χ3v) is 2.50. The smallest absolute Gasteiger partial charge is 0.351 e. The van der Waals surface area contributed by atoms with Crippen molar-refractivity contribution in [2.24, 2.45) is 10.2 Å². The Kier molecular flexibility index (Phi) is 2.90. The number of nitrogen functional groups attached to an aromatic ring is 1. The van der Waals surface area contributed by atoms with Gasteiger partial charge in [-0.1, -0.05) is 10.3 Å². The normalized spacial score (nSPS) is 11.5. The highest BCUT2D eigenvalue weighted by Gasteiger charge is 2.20. The molecule has 0 aromatic carbocycles. The lowest BCUT2D eigenvalue weighted by molar-refractivity contribution is 0.308. The van der Waals surface area contributed by atoms with Crippen molar-refractivity contribution in [3.05, 3.63) is 10.6 Å². The topological polar surface area (TPSA) is 226 Å². The standard InChI is InChI=1S/C8H3N11O5/c9-7-10-3(16-21-7)1-5(18-23-14-1)12-13-6-2(15-24-19-6)4-11-8(20)22-17-4/h(H2,9,10,16)(H,11,17,20). The first-order valence-electron chi connectivity index (χ1n) is 5.93. The van der Waals surface area contributed by atoms with Gasteiger partial charge in [0.25, 0.3) is 0 Å². The fourth-order valence-electron chi connectivity index (χ4n) is 1.55. The Morgan fingerprint density at radius 1 is 0.875 bits per heavy atom. The van der Waals surface area contributed by atoms with Crippen molar-refractivity contribution in [2.45, 2.75) is 0 Å². The molecule has 4 aromatic heterocycles. The summed E-state index contributed by atoms with van der Waals surface area (Å²) in [6.07, 6.45) is 0. The predicted molar refractivity (Wildman–Crippen MR) is 66.6 cm³/mol. The number of rotatable bonds is 4. The summed E-state index contributed by atoms with van der Waals surface area (Å²) in [7, 11) is 0. The summed E-state index contributed by atoms with van der Waals surface area (Å²) < 4.78 is 18.0. The van der Waals surface area contributed by atoms with Crippen LogP contribution in [0.3, 0.4) is 0 Å². The average molecular weight is 333 g/mol. The van der Waals surface area contributed by atoms with Crippen LogP contribution in [0.1, 0.15) is 0 Å². The third kappa shape index (κ3) is 2.28. The summed E-state index contributed by atoms with van der Waals surface area (Å²) in [6.45, 7) is 0. The molecule has 16 heteroatoms. The van der Waals surface area contributed by atoms with Crippen molar-refractivity contribution >= 4 is 17.7 Å². The van der Waals surface area contributed by atoms with Gasteiger partial charge in [-0.05, 0) is 20.6 Å². The first kappa shape index (κ1) is 13.4. The van der Waals surface area contributed by atoms with E-state index in [9.17, 15) is 4.79 Å². The van der Waals surface area contributed by atoms with Crippen molar-refractivity contribution in [3.63, 3.8) is 0 Å².